The fraction of sp³-hybridized carbons (Fsp3) is 0. The Bertz CT molecular complexity index is 468. The molecular weight excluding hydrogens is 343 g/mol. The average Bonchev–Trinajstić information content (AvgIpc) is 2.02. The highest BCUT2D eigenvalue weighted by Crippen LogP contribution is 2.31. The van der Waals surface area contributed by atoms with Crippen molar-refractivity contribution in [2.75, 3.05) is 0 Å². The summed E-state index contributed by atoms with van der Waals surface area (Å²) in [6.45, 7) is 0. The Morgan fingerprint density at radius 1 is 1.23 bits per heavy atom. The molecule has 0 unspecified atom stereocenters. The van der Waals surface area contributed by atoms with Gasteiger partial charge in [0.2, 0.25) is 0 Å². The Morgan fingerprint density at radius 3 is 2.77 bits per heavy atom. The van der Waals surface area contributed by atoms with Gasteiger partial charge < -0.3 is 5.11 Å². The van der Waals surface area contributed by atoms with Gasteiger partial charge in [-0.1, -0.05) is 12.1 Å². The van der Waals surface area contributed by atoms with Gasteiger partial charge >= 0.3 is 0 Å². The second-order valence-corrected chi connectivity index (χ2v) is 4.78. The SMILES string of the molecule is Oc1cc(Br)c2c(I)cccc2c1. The van der Waals surface area contributed by atoms with Crippen LogP contribution in [0.25, 0.3) is 10.8 Å². The summed E-state index contributed by atoms with van der Waals surface area (Å²) >= 11 is 5.72. The molecule has 0 heterocycles. The second kappa shape index (κ2) is 3.46. The Hall–Kier alpha value is -0.290. The van der Waals surface area contributed by atoms with Crippen molar-refractivity contribution in [1.82, 2.24) is 0 Å². The molecule has 0 atom stereocenters. The van der Waals surface area contributed by atoms with Crippen LogP contribution in [0.3, 0.4) is 0 Å². The van der Waals surface area contributed by atoms with Crippen molar-refractivity contribution >= 4 is 49.3 Å². The molecule has 0 aliphatic rings. The molecule has 2 aromatic rings. The van der Waals surface area contributed by atoms with Crippen LogP contribution >= 0.6 is 38.5 Å². The molecular formula is C10H6BrIO. The van der Waals surface area contributed by atoms with E-state index in [-0.39, 0.29) is 0 Å². The number of hydrogen-bond donors (Lipinski definition) is 1. The zero-order valence-corrected chi connectivity index (χ0v) is 10.3. The number of phenols is 1. The minimum Gasteiger partial charge on any atom is -0.508 e. The van der Waals surface area contributed by atoms with Crippen molar-refractivity contribution in [3.05, 3.63) is 38.4 Å². The van der Waals surface area contributed by atoms with Crippen LogP contribution in [-0.2, 0) is 0 Å². The summed E-state index contributed by atoms with van der Waals surface area (Å²) in [5, 5.41) is 11.6. The molecule has 1 nitrogen and oxygen atoms in total. The van der Waals surface area contributed by atoms with Crippen molar-refractivity contribution in [1.29, 1.82) is 0 Å². The molecule has 0 aromatic heterocycles. The molecule has 0 aliphatic carbocycles. The fourth-order valence-corrected chi connectivity index (χ4v) is 3.17. The Labute approximate surface area is 98.0 Å². The van der Waals surface area contributed by atoms with E-state index in [0.29, 0.717) is 5.75 Å². The first-order valence-electron chi connectivity index (χ1n) is 3.75. The van der Waals surface area contributed by atoms with Gasteiger partial charge in [0, 0.05) is 13.4 Å². The Morgan fingerprint density at radius 2 is 2.00 bits per heavy atom. The largest absolute Gasteiger partial charge is 0.508 e. The van der Waals surface area contributed by atoms with Crippen molar-refractivity contribution in [2.24, 2.45) is 0 Å². The molecule has 13 heavy (non-hydrogen) atoms. The van der Waals surface area contributed by atoms with Gasteiger partial charge in [-0.05, 0) is 62.1 Å². The predicted molar refractivity (Wildman–Crippen MR) is 66.0 cm³/mol. The molecule has 2 rings (SSSR count). The van der Waals surface area contributed by atoms with Crippen LogP contribution in [0.2, 0.25) is 0 Å². The van der Waals surface area contributed by atoms with Crippen LogP contribution in [0, 0.1) is 3.57 Å². The minimum absolute atomic E-state index is 0.293. The average molecular weight is 349 g/mol. The minimum atomic E-state index is 0.293. The van der Waals surface area contributed by atoms with E-state index in [9.17, 15) is 5.11 Å². The van der Waals surface area contributed by atoms with Gasteiger partial charge in [0.25, 0.3) is 0 Å². The molecule has 0 amide bonds. The number of phenolic OH excluding ortho intramolecular Hbond substituents is 1. The number of aromatic hydroxyl groups is 1. The molecule has 2 aromatic carbocycles. The third kappa shape index (κ3) is 1.67. The van der Waals surface area contributed by atoms with E-state index >= 15 is 0 Å². The van der Waals surface area contributed by atoms with Crippen molar-refractivity contribution in [2.45, 2.75) is 0 Å². The van der Waals surface area contributed by atoms with Gasteiger partial charge in [-0.25, -0.2) is 0 Å². The van der Waals surface area contributed by atoms with Crippen LogP contribution in [0.5, 0.6) is 5.75 Å². The van der Waals surface area contributed by atoms with E-state index in [0.717, 1.165) is 15.2 Å². The topological polar surface area (TPSA) is 20.2 Å². The summed E-state index contributed by atoms with van der Waals surface area (Å²) in [6, 6.07) is 9.50. The maximum atomic E-state index is 9.37. The molecule has 1 N–H and O–H groups in total. The van der Waals surface area contributed by atoms with Gasteiger partial charge in [-0.15, -0.1) is 0 Å². The summed E-state index contributed by atoms with van der Waals surface area (Å²) in [6.07, 6.45) is 0. The van der Waals surface area contributed by atoms with Crippen LogP contribution in [0.15, 0.2) is 34.8 Å². The molecule has 0 bridgehead atoms. The molecule has 0 spiro atoms. The van der Waals surface area contributed by atoms with Crippen molar-refractivity contribution in [3.63, 3.8) is 0 Å². The third-order valence-electron chi connectivity index (χ3n) is 1.86. The van der Waals surface area contributed by atoms with E-state index in [4.69, 9.17) is 0 Å². The first-order valence-corrected chi connectivity index (χ1v) is 5.62. The summed E-state index contributed by atoms with van der Waals surface area (Å²) in [5.41, 5.74) is 0. The van der Waals surface area contributed by atoms with Gasteiger partial charge in [-0.3, -0.25) is 0 Å². The number of benzene rings is 2. The van der Waals surface area contributed by atoms with Crippen LogP contribution in [0.1, 0.15) is 0 Å². The van der Waals surface area contributed by atoms with E-state index in [1.807, 2.05) is 18.2 Å². The van der Waals surface area contributed by atoms with Gasteiger partial charge in [0.05, 0.1) is 0 Å². The molecule has 0 aliphatic heterocycles. The van der Waals surface area contributed by atoms with Crippen molar-refractivity contribution < 1.29 is 5.11 Å². The first-order chi connectivity index (χ1) is 6.18. The molecule has 0 fully saturated rings. The lowest BCUT2D eigenvalue weighted by molar-refractivity contribution is 0.476. The zero-order valence-electron chi connectivity index (χ0n) is 6.59. The number of halogens is 2. The Kier molecular flexibility index (Phi) is 2.47. The fourth-order valence-electron chi connectivity index (χ4n) is 1.32. The van der Waals surface area contributed by atoms with E-state index in [1.54, 1.807) is 12.1 Å². The van der Waals surface area contributed by atoms with Crippen LogP contribution in [0.4, 0.5) is 0 Å². The standard InChI is InChI=1S/C10H6BrIO/c11-8-5-7(13)4-6-2-1-3-9(12)10(6)8/h1-5,13H. The van der Waals surface area contributed by atoms with E-state index in [1.165, 1.54) is 3.57 Å². The van der Waals surface area contributed by atoms with Gasteiger partial charge in [0.15, 0.2) is 0 Å². The summed E-state index contributed by atoms with van der Waals surface area (Å²) in [5.74, 6) is 0.293. The van der Waals surface area contributed by atoms with Crippen molar-refractivity contribution in [3.8, 4) is 5.75 Å². The highest BCUT2D eigenvalue weighted by atomic mass is 127. The third-order valence-corrected chi connectivity index (χ3v) is 3.39. The maximum absolute atomic E-state index is 9.37. The Balaban J connectivity index is 2.94. The quantitative estimate of drug-likeness (QED) is 0.715. The first kappa shape index (κ1) is 9.27. The van der Waals surface area contributed by atoms with Crippen LogP contribution < -0.4 is 0 Å². The van der Waals surface area contributed by atoms with E-state index in [2.05, 4.69) is 38.5 Å². The second-order valence-electron chi connectivity index (χ2n) is 2.77. The predicted octanol–water partition coefficient (Wildman–Crippen LogP) is 3.91. The summed E-state index contributed by atoms with van der Waals surface area (Å²) < 4.78 is 2.12. The lowest BCUT2D eigenvalue weighted by atomic mass is 10.1. The molecule has 0 saturated carbocycles. The highest BCUT2D eigenvalue weighted by Gasteiger charge is 2.03. The summed E-state index contributed by atoms with van der Waals surface area (Å²) in [7, 11) is 0. The smallest absolute Gasteiger partial charge is 0.117 e. The number of hydrogen-bond acceptors (Lipinski definition) is 1. The number of rotatable bonds is 0. The molecule has 0 radical (unpaired) electrons. The summed E-state index contributed by atoms with van der Waals surface area (Å²) in [4.78, 5) is 0. The van der Waals surface area contributed by atoms with E-state index < -0.39 is 0 Å². The van der Waals surface area contributed by atoms with Crippen LogP contribution in [-0.4, -0.2) is 5.11 Å². The highest BCUT2D eigenvalue weighted by molar-refractivity contribution is 14.1. The van der Waals surface area contributed by atoms with Gasteiger partial charge in [-0.2, -0.15) is 0 Å². The lowest BCUT2D eigenvalue weighted by Crippen LogP contribution is -1.79. The number of fused-ring (bicyclic) bond motifs is 1. The molecule has 66 valence electrons. The molecule has 3 heteroatoms. The normalized spacial score (nSPS) is 10.6. The monoisotopic (exact) mass is 348 g/mol. The lowest BCUT2D eigenvalue weighted by Gasteiger charge is -2.03. The maximum Gasteiger partial charge on any atom is 0.117 e. The molecule has 0 saturated heterocycles. The zero-order chi connectivity index (χ0) is 9.42. The van der Waals surface area contributed by atoms with Gasteiger partial charge in [0.1, 0.15) is 5.75 Å².